The maximum Gasteiger partial charge on any atom is 0.407 e. The van der Waals surface area contributed by atoms with E-state index < -0.39 is 11.9 Å². The zero-order valence-corrected chi connectivity index (χ0v) is 14.4. The fourth-order valence-electron chi connectivity index (χ4n) is 2.46. The van der Waals surface area contributed by atoms with Crippen molar-refractivity contribution in [1.29, 1.82) is 0 Å². The molecular weight excluding hydrogens is 337 g/mol. The molecule has 1 amide bonds. The van der Waals surface area contributed by atoms with Gasteiger partial charge in [0.05, 0.1) is 17.8 Å². The highest BCUT2D eigenvalue weighted by molar-refractivity contribution is 5.79. The monoisotopic (exact) mass is 357 g/mol. The van der Waals surface area contributed by atoms with Crippen LogP contribution in [0.1, 0.15) is 18.9 Å². The molecule has 6 nitrogen and oxygen atoms in total. The average molecular weight is 357 g/mol. The van der Waals surface area contributed by atoms with Gasteiger partial charge in [0.25, 0.3) is 0 Å². The second kappa shape index (κ2) is 8.33. The van der Waals surface area contributed by atoms with Crippen molar-refractivity contribution in [2.75, 3.05) is 6.54 Å². The minimum atomic E-state index is -0.493. The second-order valence-corrected chi connectivity index (χ2v) is 5.95. The average Bonchev–Trinajstić information content (AvgIpc) is 3.08. The van der Waals surface area contributed by atoms with Crippen LogP contribution in [0.2, 0.25) is 0 Å². The van der Waals surface area contributed by atoms with E-state index in [1.54, 1.807) is 12.3 Å². The molecular formula is C19H20FN3O3. The van der Waals surface area contributed by atoms with Crippen LogP contribution in [-0.2, 0) is 11.3 Å². The van der Waals surface area contributed by atoms with E-state index >= 15 is 0 Å². The number of halogens is 1. The maximum atomic E-state index is 14.0. The summed E-state index contributed by atoms with van der Waals surface area (Å²) in [6.07, 6.45) is 1.36. The molecule has 1 heterocycles. The topological polar surface area (TPSA) is 76.2 Å². The van der Waals surface area contributed by atoms with Gasteiger partial charge in [-0.3, -0.25) is 5.10 Å². The Morgan fingerprint density at radius 3 is 2.92 bits per heavy atom. The molecule has 3 rings (SSSR count). The predicted molar refractivity (Wildman–Crippen MR) is 95.4 cm³/mol. The number of aromatic nitrogens is 2. The molecule has 0 saturated carbocycles. The van der Waals surface area contributed by atoms with Gasteiger partial charge in [-0.1, -0.05) is 30.3 Å². The molecule has 0 aliphatic carbocycles. The summed E-state index contributed by atoms with van der Waals surface area (Å²) in [6.45, 7) is 2.40. The van der Waals surface area contributed by atoms with E-state index in [2.05, 4.69) is 15.5 Å². The number of hydrogen-bond acceptors (Lipinski definition) is 4. The molecule has 7 heteroatoms. The number of rotatable bonds is 7. The van der Waals surface area contributed by atoms with Crippen LogP contribution in [0.3, 0.4) is 0 Å². The molecule has 0 fully saturated rings. The van der Waals surface area contributed by atoms with Crippen LogP contribution in [0.25, 0.3) is 10.9 Å². The van der Waals surface area contributed by atoms with Gasteiger partial charge in [0.15, 0.2) is 11.6 Å². The molecule has 0 unspecified atom stereocenters. The van der Waals surface area contributed by atoms with Gasteiger partial charge >= 0.3 is 6.09 Å². The lowest BCUT2D eigenvalue weighted by Gasteiger charge is -2.15. The van der Waals surface area contributed by atoms with Gasteiger partial charge in [-0.15, -0.1) is 0 Å². The smallest absolute Gasteiger partial charge is 0.407 e. The number of ether oxygens (including phenoxy) is 2. The quantitative estimate of drug-likeness (QED) is 0.675. The zero-order chi connectivity index (χ0) is 18.4. The Morgan fingerprint density at radius 2 is 2.12 bits per heavy atom. The van der Waals surface area contributed by atoms with Crippen molar-refractivity contribution in [2.45, 2.75) is 26.1 Å². The number of hydrogen-bond donors (Lipinski definition) is 2. The van der Waals surface area contributed by atoms with Crippen LogP contribution in [0.15, 0.2) is 48.7 Å². The molecule has 0 radical (unpaired) electrons. The molecule has 3 aromatic rings. The lowest BCUT2D eigenvalue weighted by atomic mass is 10.2. The minimum absolute atomic E-state index is 0.165. The molecule has 2 aromatic carbocycles. The standard InChI is InChI=1S/C19H20FN3O3/c1-13(26-18-9-15-11-22-23-17(15)10-16(18)20)7-8-21-19(24)25-12-14-5-3-2-4-6-14/h2-6,9-11,13H,7-8,12H2,1H3,(H,21,24)(H,22,23)/t13-/m1/s1. The summed E-state index contributed by atoms with van der Waals surface area (Å²) in [5.74, 6) is -0.290. The van der Waals surface area contributed by atoms with Crippen LogP contribution in [-0.4, -0.2) is 28.9 Å². The molecule has 1 aromatic heterocycles. The molecule has 0 aliphatic rings. The van der Waals surface area contributed by atoms with E-state index in [1.165, 1.54) is 6.07 Å². The van der Waals surface area contributed by atoms with Crippen LogP contribution in [0, 0.1) is 5.82 Å². The van der Waals surface area contributed by atoms with Crippen molar-refractivity contribution in [1.82, 2.24) is 15.5 Å². The van der Waals surface area contributed by atoms with E-state index in [0.717, 1.165) is 10.9 Å². The van der Waals surface area contributed by atoms with E-state index in [1.807, 2.05) is 37.3 Å². The SMILES string of the molecule is C[C@H](CCNC(=O)OCc1ccccc1)Oc1cc2cn[nH]c2cc1F. The molecule has 0 bridgehead atoms. The van der Waals surface area contributed by atoms with Gasteiger partial charge in [0.1, 0.15) is 6.61 Å². The summed E-state index contributed by atoms with van der Waals surface area (Å²) in [7, 11) is 0. The second-order valence-electron chi connectivity index (χ2n) is 5.95. The number of aromatic amines is 1. The first-order valence-electron chi connectivity index (χ1n) is 8.35. The fraction of sp³-hybridized carbons (Fsp3) is 0.263. The van der Waals surface area contributed by atoms with Crippen molar-refractivity contribution in [2.24, 2.45) is 0 Å². The van der Waals surface area contributed by atoms with E-state index in [0.29, 0.717) is 18.5 Å². The summed E-state index contributed by atoms with van der Waals surface area (Å²) in [5.41, 5.74) is 1.54. The van der Waals surface area contributed by atoms with Gasteiger partial charge in [-0.2, -0.15) is 5.10 Å². The van der Waals surface area contributed by atoms with Crippen LogP contribution >= 0.6 is 0 Å². The number of benzene rings is 2. The van der Waals surface area contributed by atoms with Crippen LogP contribution in [0.4, 0.5) is 9.18 Å². The highest BCUT2D eigenvalue weighted by Crippen LogP contribution is 2.24. The number of nitrogens with zero attached hydrogens (tertiary/aromatic N) is 1. The summed E-state index contributed by atoms with van der Waals surface area (Å²) >= 11 is 0. The number of amides is 1. The predicted octanol–water partition coefficient (Wildman–Crippen LogP) is 3.79. The third-order valence-electron chi connectivity index (χ3n) is 3.85. The first kappa shape index (κ1) is 17.7. The van der Waals surface area contributed by atoms with Gasteiger partial charge in [0.2, 0.25) is 0 Å². The highest BCUT2D eigenvalue weighted by Gasteiger charge is 2.12. The van der Waals surface area contributed by atoms with Crippen molar-refractivity contribution in [3.05, 3.63) is 60.0 Å². The molecule has 26 heavy (non-hydrogen) atoms. The number of carbonyl (C=O) groups excluding carboxylic acids is 1. The largest absolute Gasteiger partial charge is 0.488 e. The number of fused-ring (bicyclic) bond motifs is 1. The summed E-state index contributed by atoms with van der Waals surface area (Å²) < 4.78 is 24.8. The molecule has 2 N–H and O–H groups in total. The Labute approximate surface area is 150 Å². The van der Waals surface area contributed by atoms with Gasteiger partial charge in [-0.05, 0) is 18.6 Å². The summed E-state index contributed by atoms with van der Waals surface area (Å²) in [6, 6.07) is 12.4. The van der Waals surface area contributed by atoms with Gasteiger partial charge in [0, 0.05) is 24.4 Å². The van der Waals surface area contributed by atoms with Crippen molar-refractivity contribution < 1.29 is 18.7 Å². The molecule has 0 spiro atoms. The van der Waals surface area contributed by atoms with Gasteiger partial charge < -0.3 is 14.8 Å². The number of carbonyl (C=O) groups is 1. The highest BCUT2D eigenvalue weighted by atomic mass is 19.1. The van der Waals surface area contributed by atoms with Crippen molar-refractivity contribution in [3.63, 3.8) is 0 Å². The first-order valence-corrected chi connectivity index (χ1v) is 8.35. The number of alkyl carbamates (subject to hydrolysis) is 1. The zero-order valence-electron chi connectivity index (χ0n) is 14.4. The Balaban J connectivity index is 1.41. The lowest BCUT2D eigenvalue weighted by molar-refractivity contribution is 0.137. The Hall–Kier alpha value is -3.09. The fourth-order valence-corrected chi connectivity index (χ4v) is 2.46. The van der Waals surface area contributed by atoms with E-state index in [9.17, 15) is 9.18 Å². The maximum absolute atomic E-state index is 14.0. The molecule has 136 valence electrons. The third kappa shape index (κ3) is 4.72. The molecule has 1 atom stereocenters. The Morgan fingerprint density at radius 1 is 1.31 bits per heavy atom. The van der Waals surface area contributed by atoms with Crippen molar-refractivity contribution in [3.8, 4) is 5.75 Å². The summed E-state index contributed by atoms with van der Waals surface area (Å²) in [4.78, 5) is 11.7. The number of H-pyrrole nitrogens is 1. The first-order chi connectivity index (χ1) is 12.6. The lowest BCUT2D eigenvalue weighted by Crippen LogP contribution is -2.28. The Bertz CT molecular complexity index is 867. The normalized spacial score (nSPS) is 11.9. The number of nitrogens with one attached hydrogen (secondary N) is 2. The molecule has 0 aliphatic heterocycles. The van der Waals surface area contributed by atoms with E-state index in [4.69, 9.17) is 9.47 Å². The minimum Gasteiger partial charge on any atom is -0.488 e. The van der Waals surface area contributed by atoms with E-state index in [-0.39, 0.29) is 18.5 Å². The van der Waals surface area contributed by atoms with Crippen LogP contribution < -0.4 is 10.1 Å². The molecule has 0 saturated heterocycles. The Kier molecular flexibility index (Phi) is 5.68. The third-order valence-corrected chi connectivity index (χ3v) is 3.85. The van der Waals surface area contributed by atoms with Gasteiger partial charge in [-0.25, -0.2) is 9.18 Å². The van der Waals surface area contributed by atoms with Crippen molar-refractivity contribution >= 4 is 17.0 Å². The summed E-state index contributed by atoms with van der Waals surface area (Å²) in [5, 5.41) is 10.0. The van der Waals surface area contributed by atoms with Crippen LogP contribution in [0.5, 0.6) is 5.75 Å².